The average molecular weight is 302 g/mol. The number of carbonyl (C=O) groups excluding carboxylic acids is 1. The molecule has 1 aromatic heterocycles. The Kier molecular flexibility index (Phi) is 5.16. The van der Waals surface area contributed by atoms with Crippen LogP contribution in [0, 0.1) is 13.8 Å². The van der Waals surface area contributed by atoms with Crippen LogP contribution in [0.4, 0.5) is 10.6 Å². The maximum atomic E-state index is 11.7. The Labute approximate surface area is 130 Å². The molecule has 6 heteroatoms. The van der Waals surface area contributed by atoms with Crippen LogP contribution in [-0.4, -0.2) is 33.6 Å². The van der Waals surface area contributed by atoms with Gasteiger partial charge in [0, 0.05) is 18.3 Å². The van der Waals surface area contributed by atoms with E-state index in [1.807, 2.05) is 44.2 Å². The first kappa shape index (κ1) is 16.0. The van der Waals surface area contributed by atoms with Crippen molar-refractivity contribution in [3.05, 3.63) is 41.6 Å². The zero-order valence-electron chi connectivity index (χ0n) is 13.1. The molecule has 2 aromatic rings. The maximum absolute atomic E-state index is 11.7. The van der Waals surface area contributed by atoms with E-state index in [1.54, 1.807) is 11.6 Å². The molecule has 0 spiro atoms. The zero-order valence-corrected chi connectivity index (χ0v) is 13.1. The Morgan fingerprint density at radius 3 is 2.64 bits per heavy atom. The largest absolute Gasteiger partial charge is 0.393 e. The molecule has 0 bridgehead atoms. The van der Waals surface area contributed by atoms with Gasteiger partial charge in [-0.25, -0.2) is 9.48 Å². The number of amides is 2. The van der Waals surface area contributed by atoms with E-state index < -0.39 is 6.10 Å². The van der Waals surface area contributed by atoms with Crippen LogP contribution < -0.4 is 10.6 Å². The van der Waals surface area contributed by atoms with Crippen LogP contribution in [-0.2, 0) is 0 Å². The molecule has 0 fully saturated rings. The summed E-state index contributed by atoms with van der Waals surface area (Å²) < 4.78 is 1.78. The number of hydrogen-bond donors (Lipinski definition) is 3. The van der Waals surface area contributed by atoms with Crippen molar-refractivity contribution in [3.63, 3.8) is 0 Å². The molecule has 118 valence electrons. The fourth-order valence-corrected chi connectivity index (χ4v) is 2.04. The second-order valence-corrected chi connectivity index (χ2v) is 5.44. The summed E-state index contributed by atoms with van der Waals surface area (Å²) in [6.45, 7) is 6.07. The minimum atomic E-state index is -0.428. The number of urea groups is 1. The van der Waals surface area contributed by atoms with E-state index in [0.717, 1.165) is 11.4 Å². The van der Waals surface area contributed by atoms with Gasteiger partial charge in [0.05, 0.1) is 11.8 Å². The Morgan fingerprint density at radius 2 is 2.00 bits per heavy atom. The van der Waals surface area contributed by atoms with Gasteiger partial charge in [-0.05, 0) is 39.3 Å². The van der Waals surface area contributed by atoms with Crippen LogP contribution in [0.2, 0.25) is 0 Å². The number of nitrogens with one attached hydrogen (secondary N) is 2. The number of rotatable bonds is 5. The topological polar surface area (TPSA) is 79.2 Å². The van der Waals surface area contributed by atoms with Crippen molar-refractivity contribution in [2.24, 2.45) is 0 Å². The van der Waals surface area contributed by atoms with E-state index in [0.29, 0.717) is 18.8 Å². The van der Waals surface area contributed by atoms with Crippen LogP contribution in [0.25, 0.3) is 5.69 Å². The Bertz CT molecular complexity index is 632. The van der Waals surface area contributed by atoms with Gasteiger partial charge in [0.15, 0.2) is 5.82 Å². The van der Waals surface area contributed by atoms with Crippen molar-refractivity contribution in [2.75, 3.05) is 11.9 Å². The predicted octanol–water partition coefficient (Wildman–Crippen LogP) is 2.38. The number of nitrogens with zero attached hydrogens (tertiary/aromatic N) is 2. The third-order valence-electron chi connectivity index (χ3n) is 3.26. The number of aromatic nitrogens is 2. The van der Waals surface area contributed by atoms with Crippen LogP contribution in [0.15, 0.2) is 30.3 Å². The smallest absolute Gasteiger partial charge is 0.320 e. The maximum Gasteiger partial charge on any atom is 0.320 e. The second kappa shape index (κ2) is 7.09. The summed E-state index contributed by atoms with van der Waals surface area (Å²) in [7, 11) is 0. The molecule has 0 saturated heterocycles. The minimum Gasteiger partial charge on any atom is -0.393 e. The summed E-state index contributed by atoms with van der Waals surface area (Å²) in [6.07, 6.45) is 0.0906. The molecule has 1 unspecified atom stereocenters. The summed E-state index contributed by atoms with van der Waals surface area (Å²) in [4.78, 5) is 11.7. The van der Waals surface area contributed by atoms with Crippen molar-refractivity contribution < 1.29 is 9.90 Å². The Hall–Kier alpha value is -2.34. The zero-order chi connectivity index (χ0) is 16.1. The quantitative estimate of drug-likeness (QED) is 0.793. The number of benzene rings is 1. The first-order valence-electron chi connectivity index (χ1n) is 7.32. The Balaban J connectivity index is 2.00. The molecule has 0 saturated carbocycles. The lowest BCUT2D eigenvalue weighted by Gasteiger charge is -2.07. The minimum absolute atomic E-state index is 0.325. The molecule has 1 heterocycles. The SMILES string of the molecule is Cc1ccc(-n2nc(NC(=O)NCCC(C)O)cc2C)cc1. The molecule has 0 aliphatic heterocycles. The standard InChI is InChI=1S/C16H22N4O2/c1-11-4-6-14(7-5-11)20-12(2)10-15(19-20)18-16(22)17-9-8-13(3)21/h4-7,10,13,21H,8-9H2,1-3H3,(H2,17,18,19,22). The molecule has 0 aliphatic rings. The van der Waals surface area contributed by atoms with Gasteiger partial charge in [-0.15, -0.1) is 5.10 Å². The van der Waals surface area contributed by atoms with Gasteiger partial charge in [0.1, 0.15) is 0 Å². The number of aliphatic hydroxyl groups is 1. The number of aliphatic hydroxyl groups excluding tert-OH is 1. The van der Waals surface area contributed by atoms with Crippen molar-refractivity contribution in [3.8, 4) is 5.69 Å². The summed E-state index contributed by atoms with van der Waals surface area (Å²) in [6, 6.07) is 9.50. The van der Waals surface area contributed by atoms with Crippen LogP contribution in [0.3, 0.4) is 0 Å². The third kappa shape index (κ3) is 4.33. The van der Waals surface area contributed by atoms with E-state index in [-0.39, 0.29) is 6.03 Å². The Morgan fingerprint density at radius 1 is 1.32 bits per heavy atom. The normalized spacial score (nSPS) is 12.0. The first-order chi connectivity index (χ1) is 10.5. The average Bonchev–Trinajstić information content (AvgIpc) is 2.80. The summed E-state index contributed by atoms with van der Waals surface area (Å²) in [5.74, 6) is 0.493. The summed E-state index contributed by atoms with van der Waals surface area (Å²) in [5.41, 5.74) is 3.07. The molecular formula is C16H22N4O2. The molecule has 2 amide bonds. The monoisotopic (exact) mass is 302 g/mol. The van der Waals surface area contributed by atoms with Crippen molar-refractivity contribution in [1.82, 2.24) is 15.1 Å². The van der Waals surface area contributed by atoms with Crippen LogP contribution in [0.1, 0.15) is 24.6 Å². The number of carbonyl (C=O) groups is 1. The van der Waals surface area contributed by atoms with E-state index >= 15 is 0 Å². The predicted molar refractivity (Wildman–Crippen MR) is 86.4 cm³/mol. The lowest BCUT2D eigenvalue weighted by molar-refractivity contribution is 0.184. The second-order valence-electron chi connectivity index (χ2n) is 5.44. The first-order valence-corrected chi connectivity index (χ1v) is 7.32. The molecule has 6 nitrogen and oxygen atoms in total. The highest BCUT2D eigenvalue weighted by molar-refractivity contribution is 5.88. The van der Waals surface area contributed by atoms with Crippen molar-refractivity contribution in [2.45, 2.75) is 33.3 Å². The molecule has 3 N–H and O–H groups in total. The van der Waals surface area contributed by atoms with Gasteiger partial charge in [0.2, 0.25) is 0 Å². The number of anilines is 1. The van der Waals surface area contributed by atoms with Gasteiger partial charge in [-0.3, -0.25) is 5.32 Å². The van der Waals surface area contributed by atoms with Gasteiger partial charge < -0.3 is 10.4 Å². The molecule has 1 atom stereocenters. The van der Waals surface area contributed by atoms with E-state index in [2.05, 4.69) is 15.7 Å². The number of aryl methyl sites for hydroxylation is 2. The van der Waals surface area contributed by atoms with Gasteiger partial charge in [0.25, 0.3) is 0 Å². The van der Waals surface area contributed by atoms with Crippen LogP contribution >= 0.6 is 0 Å². The molecule has 22 heavy (non-hydrogen) atoms. The third-order valence-corrected chi connectivity index (χ3v) is 3.26. The molecule has 0 radical (unpaired) electrons. The van der Waals surface area contributed by atoms with Gasteiger partial charge in [-0.2, -0.15) is 0 Å². The van der Waals surface area contributed by atoms with E-state index in [1.165, 1.54) is 5.56 Å². The molecular weight excluding hydrogens is 280 g/mol. The fourth-order valence-electron chi connectivity index (χ4n) is 2.04. The highest BCUT2D eigenvalue weighted by Crippen LogP contribution is 2.15. The summed E-state index contributed by atoms with van der Waals surface area (Å²) in [5, 5.41) is 18.9. The summed E-state index contributed by atoms with van der Waals surface area (Å²) >= 11 is 0. The van der Waals surface area contributed by atoms with Gasteiger partial charge >= 0.3 is 6.03 Å². The number of hydrogen-bond acceptors (Lipinski definition) is 3. The molecule has 0 aliphatic carbocycles. The highest BCUT2D eigenvalue weighted by Gasteiger charge is 2.09. The lowest BCUT2D eigenvalue weighted by atomic mass is 10.2. The van der Waals surface area contributed by atoms with Crippen LogP contribution in [0.5, 0.6) is 0 Å². The molecule has 2 rings (SSSR count). The van der Waals surface area contributed by atoms with Gasteiger partial charge in [-0.1, -0.05) is 17.7 Å². The van der Waals surface area contributed by atoms with Crippen molar-refractivity contribution >= 4 is 11.8 Å². The van der Waals surface area contributed by atoms with E-state index in [4.69, 9.17) is 5.11 Å². The lowest BCUT2D eigenvalue weighted by Crippen LogP contribution is -2.31. The molecule has 1 aromatic carbocycles. The van der Waals surface area contributed by atoms with E-state index in [9.17, 15) is 4.79 Å². The van der Waals surface area contributed by atoms with Crippen molar-refractivity contribution in [1.29, 1.82) is 0 Å². The fraction of sp³-hybridized carbons (Fsp3) is 0.375. The highest BCUT2D eigenvalue weighted by atomic mass is 16.3.